The lowest BCUT2D eigenvalue weighted by molar-refractivity contribution is 0.0384. The molecule has 5 rings (SSSR count). The zero-order valence-electron chi connectivity index (χ0n) is 21.4. The number of ether oxygens (including phenoxy) is 1. The van der Waals surface area contributed by atoms with Gasteiger partial charge in [0.1, 0.15) is 12.3 Å². The molecule has 3 aromatic heterocycles. The van der Waals surface area contributed by atoms with Gasteiger partial charge in [0.15, 0.2) is 5.82 Å². The molecule has 4 heterocycles. The Balaban J connectivity index is 1.53. The quantitative estimate of drug-likeness (QED) is 0.376. The van der Waals surface area contributed by atoms with E-state index in [4.69, 9.17) is 9.15 Å². The smallest absolute Gasteiger partial charge is 0.252 e. The van der Waals surface area contributed by atoms with Crippen molar-refractivity contribution in [1.82, 2.24) is 30.1 Å². The molecule has 0 bridgehead atoms. The lowest BCUT2D eigenvalue weighted by Gasteiger charge is -2.35. The summed E-state index contributed by atoms with van der Waals surface area (Å²) in [4.78, 5) is 18.6. The Morgan fingerprint density at radius 2 is 2.11 bits per heavy atom. The van der Waals surface area contributed by atoms with Gasteiger partial charge >= 0.3 is 0 Å². The number of fused-ring (bicyclic) bond motifs is 1. The fourth-order valence-electron chi connectivity index (χ4n) is 5.35. The number of tetrazole rings is 1. The second-order valence-electron chi connectivity index (χ2n) is 10.2. The van der Waals surface area contributed by atoms with E-state index in [-0.39, 0.29) is 23.6 Å². The number of aromatic amines is 1. The summed E-state index contributed by atoms with van der Waals surface area (Å²) < 4.78 is 13.4. The number of furan rings is 1. The molecule has 0 unspecified atom stereocenters. The Labute approximate surface area is 210 Å². The van der Waals surface area contributed by atoms with Crippen molar-refractivity contribution >= 4 is 10.9 Å². The number of aryl methyl sites for hydroxylation is 2. The number of H-pyrrole nitrogens is 1. The lowest BCUT2D eigenvalue weighted by atomic mass is 9.99. The Morgan fingerprint density at radius 1 is 1.25 bits per heavy atom. The van der Waals surface area contributed by atoms with Crippen LogP contribution in [-0.4, -0.2) is 49.3 Å². The number of hydrogen-bond donors (Lipinski definition) is 1. The number of benzene rings is 1. The molecule has 1 N–H and O–H groups in total. The summed E-state index contributed by atoms with van der Waals surface area (Å²) in [5.41, 5.74) is 3.81. The predicted molar refractivity (Wildman–Crippen MR) is 137 cm³/mol. The van der Waals surface area contributed by atoms with Gasteiger partial charge in [-0.3, -0.25) is 9.69 Å². The van der Waals surface area contributed by atoms with Crippen molar-refractivity contribution < 1.29 is 9.15 Å². The van der Waals surface area contributed by atoms with Crippen LogP contribution in [0.25, 0.3) is 10.9 Å². The normalized spacial score (nSPS) is 17.0. The molecule has 9 heteroatoms. The summed E-state index contributed by atoms with van der Waals surface area (Å²) in [7, 11) is 0. The molecule has 0 spiro atoms. The second-order valence-corrected chi connectivity index (χ2v) is 10.2. The van der Waals surface area contributed by atoms with Gasteiger partial charge in [0, 0.05) is 36.2 Å². The van der Waals surface area contributed by atoms with Gasteiger partial charge in [-0.05, 0) is 78.4 Å². The van der Waals surface area contributed by atoms with Crippen LogP contribution < -0.4 is 5.56 Å². The maximum atomic E-state index is 13.2. The molecule has 9 nitrogen and oxygen atoms in total. The molecule has 1 saturated heterocycles. The van der Waals surface area contributed by atoms with E-state index in [1.807, 2.05) is 31.2 Å². The van der Waals surface area contributed by atoms with Crippen molar-refractivity contribution in [3.8, 4) is 0 Å². The zero-order valence-corrected chi connectivity index (χ0v) is 21.4. The molecule has 0 radical (unpaired) electrons. The summed E-state index contributed by atoms with van der Waals surface area (Å²) in [6.45, 7) is 10.8. The van der Waals surface area contributed by atoms with Gasteiger partial charge in [0.05, 0.1) is 18.4 Å². The van der Waals surface area contributed by atoms with E-state index < -0.39 is 0 Å². The molecule has 0 aliphatic carbocycles. The van der Waals surface area contributed by atoms with E-state index in [2.05, 4.69) is 52.2 Å². The van der Waals surface area contributed by atoms with E-state index >= 15 is 0 Å². The van der Waals surface area contributed by atoms with Crippen LogP contribution in [0.2, 0.25) is 0 Å². The van der Waals surface area contributed by atoms with E-state index in [0.29, 0.717) is 19.6 Å². The zero-order chi connectivity index (χ0) is 25.2. The van der Waals surface area contributed by atoms with Crippen molar-refractivity contribution in [1.29, 1.82) is 0 Å². The highest BCUT2D eigenvalue weighted by Crippen LogP contribution is 2.31. The molecule has 2 atom stereocenters. The summed E-state index contributed by atoms with van der Waals surface area (Å²) in [5.74, 6) is 1.73. The minimum absolute atomic E-state index is 0.0671. The molecule has 36 heavy (non-hydrogen) atoms. The maximum Gasteiger partial charge on any atom is 0.252 e. The topological polar surface area (TPSA) is 102 Å². The Kier molecular flexibility index (Phi) is 7.02. The minimum atomic E-state index is -0.117. The Bertz CT molecular complexity index is 1370. The van der Waals surface area contributed by atoms with Crippen LogP contribution >= 0.6 is 0 Å². The van der Waals surface area contributed by atoms with Crippen LogP contribution in [0.5, 0.6) is 0 Å². The Hall–Kier alpha value is -3.30. The molecule has 190 valence electrons. The van der Waals surface area contributed by atoms with Gasteiger partial charge in [-0.25, -0.2) is 4.68 Å². The molecule has 0 amide bonds. The number of aromatic nitrogens is 5. The summed E-state index contributed by atoms with van der Waals surface area (Å²) >= 11 is 0. The molecule has 1 aromatic carbocycles. The molecule has 0 saturated carbocycles. The SMILES string of the molecule is Cc1cc(C)c2cc(CN(C[C@@H]3CCCO3)[C@H](c3nnnn3Cc3ccco3)C(C)C)c(=O)[nH]c2c1. The third-order valence-corrected chi connectivity index (χ3v) is 6.96. The van der Waals surface area contributed by atoms with E-state index in [0.717, 1.165) is 58.6 Å². The van der Waals surface area contributed by atoms with Crippen LogP contribution in [-0.2, 0) is 17.8 Å². The first-order valence-electron chi connectivity index (χ1n) is 12.7. The molecule has 1 aliphatic heterocycles. The Morgan fingerprint density at radius 3 is 2.83 bits per heavy atom. The van der Waals surface area contributed by atoms with Gasteiger partial charge in [-0.2, -0.15) is 0 Å². The number of nitrogens with zero attached hydrogens (tertiary/aromatic N) is 5. The number of hydrogen-bond acceptors (Lipinski definition) is 7. The van der Waals surface area contributed by atoms with Crippen LogP contribution in [0.3, 0.4) is 0 Å². The average Bonchev–Trinajstić information content (AvgIpc) is 3.59. The first kappa shape index (κ1) is 24.4. The minimum Gasteiger partial charge on any atom is -0.467 e. The standard InChI is InChI=1S/C27H34N6O3/c1-17(2)25(26-29-30-31-33(26)16-22-8-6-10-36-22)32(15-21-7-5-9-35-21)14-20-13-23-19(4)11-18(3)12-24(23)28-27(20)34/h6,8,10-13,17,21,25H,5,7,9,14-16H2,1-4H3,(H,28,34)/t21-,25-/m0/s1. The molecule has 4 aromatic rings. The fourth-order valence-corrected chi connectivity index (χ4v) is 5.35. The predicted octanol–water partition coefficient (Wildman–Crippen LogP) is 4.15. The van der Waals surface area contributed by atoms with Gasteiger partial charge in [-0.1, -0.05) is 19.9 Å². The lowest BCUT2D eigenvalue weighted by Crippen LogP contribution is -2.40. The first-order valence-corrected chi connectivity index (χ1v) is 12.7. The highest BCUT2D eigenvalue weighted by atomic mass is 16.5. The summed E-state index contributed by atoms with van der Waals surface area (Å²) in [6.07, 6.45) is 3.82. The molecular weight excluding hydrogens is 456 g/mol. The molecular formula is C27H34N6O3. The highest BCUT2D eigenvalue weighted by Gasteiger charge is 2.32. The van der Waals surface area contributed by atoms with Crippen molar-refractivity contribution in [2.24, 2.45) is 5.92 Å². The van der Waals surface area contributed by atoms with Crippen molar-refractivity contribution in [2.45, 2.75) is 65.8 Å². The highest BCUT2D eigenvalue weighted by molar-refractivity contribution is 5.83. The van der Waals surface area contributed by atoms with Gasteiger partial charge in [0.25, 0.3) is 5.56 Å². The maximum absolute atomic E-state index is 13.2. The number of pyridine rings is 1. The number of rotatable bonds is 9. The van der Waals surface area contributed by atoms with Crippen molar-refractivity contribution in [3.63, 3.8) is 0 Å². The first-order chi connectivity index (χ1) is 17.4. The third-order valence-electron chi connectivity index (χ3n) is 6.96. The number of nitrogens with one attached hydrogen (secondary N) is 1. The summed E-state index contributed by atoms with van der Waals surface area (Å²) in [6, 6.07) is 9.87. The van der Waals surface area contributed by atoms with Crippen molar-refractivity contribution in [3.05, 3.63) is 75.2 Å². The van der Waals surface area contributed by atoms with Gasteiger partial charge in [0.2, 0.25) is 0 Å². The van der Waals surface area contributed by atoms with Crippen LogP contribution in [0, 0.1) is 19.8 Å². The van der Waals surface area contributed by atoms with Crippen LogP contribution in [0.1, 0.15) is 61.0 Å². The summed E-state index contributed by atoms with van der Waals surface area (Å²) in [5, 5.41) is 13.8. The van der Waals surface area contributed by atoms with E-state index in [1.165, 1.54) is 0 Å². The van der Waals surface area contributed by atoms with Crippen LogP contribution in [0.15, 0.2) is 45.8 Å². The second kappa shape index (κ2) is 10.4. The average molecular weight is 491 g/mol. The van der Waals surface area contributed by atoms with Crippen molar-refractivity contribution in [2.75, 3.05) is 13.2 Å². The van der Waals surface area contributed by atoms with E-state index in [1.54, 1.807) is 10.9 Å². The fraction of sp³-hybridized carbons (Fsp3) is 0.481. The molecule has 1 fully saturated rings. The molecule has 1 aliphatic rings. The van der Waals surface area contributed by atoms with Gasteiger partial charge < -0.3 is 14.1 Å². The van der Waals surface area contributed by atoms with E-state index in [9.17, 15) is 4.79 Å². The monoisotopic (exact) mass is 490 g/mol. The van der Waals surface area contributed by atoms with Gasteiger partial charge in [-0.15, -0.1) is 5.10 Å². The largest absolute Gasteiger partial charge is 0.467 e. The van der Waals surface area contributed by atoms with Crippen LogP contribution in [0.4, 0.5) is 0 Å². The third kappa shape index (κ3) is 5.12.